The van der Waals surface area contributed by atoms with Crippen LogP contribution in [0, 0.1) is 17.6 Å². The fourth-order valence-electron chi connectivity index (χ4n) is 3.85. The highest BCUT2D eigenvalue weighted by Crippen LogP contribution is 2.25. The molecule has 2 aromatic rings. The lowest BCUT2D eigenvalue weighted by Crippen LogP contribution is -2.49. The van der Waals surface area contributed by atoms with Gasteiger partial charge in [0.15, 0.2) is 0 Å². The third-order valence-electron chi connectivity index (χ3n) is 5.26. The topological polar surface area (TPSA) is 82.4 Å². The van der Waals surface area contributed by atoms with Crippen LogP contribution in [-0.2, 0) is 16.1 Å². The van der Waals surface area contributed by atoms with Crippen molar-refractivity contribution in [2.45, 2.75) is 25.4 Å². The van der Waals surface area contributed by atoms with Crippen LogP contribution in [0.4, 0.5) is 8.78 Å². The SMILES string of the molecule is O=C(O)C(C1CCOCC1)N(C/C(=N\O)c1cc(F)cc(F)c1)Cc1ccccc1. The molecule has 1 aliphatic rings. The summed E-state index contributed by atoms with van der Waals surface area (Å²) in [4.78, 5) is 13.9. The van der Waals surface area contributed by atoms with Crippen LogP contribution >= 0.6 is 0 Å². The van der Waals surface area contributed by atoms with Crippen LogP contribution in [-0.4, -0.2) is 52.7 Å². The number of aliphatic carboxylic acids is 1. The molecule has 2 N–H and O–H groups in total. The molecule has 6 nitrogen and oxygen atoms in total. The Labute approximate surface area is 173 Å². The first-order chi connectivity index (χ1) is 14.5. The normalized spacial score (nSPS) is 16.6. The summed E-state index contributed by atoms with van der Waals surface area (Å²) >= 11 is 0. The van der Waals surface area contributed by atoms with Crippen molar-refractivity contribution < 1.29 is 28.6 Å². The van der Waals surface area contributed by atoms with E-state index in [0.29, 0.717) is 26.1 Å². The van der Waals surface area contributed by atoms with Gasteiger partial charge in [-0.2, -0.15) is 0 Å². The highest BCUT2D eigenvalue weighted by molar-refractivity contribution is 6.02. The molecule has 0 aliphatic carbocycles. The molecule has 1 unspecified atom stereocenters. The van der Waals surface area contributed by atoms with Crippen LogP contribution in [0.1, 0.15) is 24.0 Å². The molecular formula is C22H24F2N2O4. The quantitative estimate of drug-likeness (QED) is 0.389. The van der Waals surface area contributed by atoms with Gasteiger partial charge in [-0.1, -0.05) is 35.5 Å². The van der Waals surface area contributed by atoms with E-state index in [4.69, 9.17) is 4.74 Å². The zero-order chi connectivity index (χ0) is 21.5. The maximum absolute atomic E-state index is 13.7. The molecule has 1 atom stereocenters. The minimum Gasteiger partial charge on any atom is -0.480 e. The molecule has 0 bridgehead atoms. The molecule has 1 saturated heterocycles. The predicted molar refractivity (Wildman–Crippen MR) is 107 cm³/mol. The number of carboxylic acid groups (broad SMARTS) is 1. The van der Waals surface area contributed by atoms with Crippen molar-refractivity contribution in [1.82, 2.24) is 4.90 Å². The van der Waals surface area contributed by atoms with E-state index in [1.54, 1.807) is 4.90 Å². The van der Waals surface area contributed by atoms with Gasteiger partial charge in [0.2, 0.25) is 0 Å². The number of nitrogens with zero attached hydrogens (tertiary/aromatic N) is 2. The summed E-state index contributed by atoms with van der Waals surface area (Å²) in [6.07, 6.45) is 1.17. The molecule has 0 spiro atoms. The molecule has 0 saturated carbocycles. The van der Waals surface area contributed by atoms with Crippen LogP contribution < -0.4 is 0 Å². The van der Waals surface area contributed by atoms with Gasteiger partial charge in [0.1, 0.15) is 23.4 Å². The average Bonchev–Trinajstić information content (AvgIpc) is 2.72. The van der Waals surface area contributed by atoms with Crippen molar-refractivity contribution in [3.05, 3.63) is 71.3 Å². The number of halogens is 2. The van der Waals surface area contributed by atoms with Gasteiger partial charge in [0, 0.05) is 37.9 Å². The molecule has 3 rings (SSSR count). The van der Waals surface area contributed by atoms with Crippen LogP contribution in [0.5, 0.6) is 0 Å². The summed E-state index contributed by atoms with van der Waals surface area (Å²) in [7, 11) is 0. The fraction of sp³-hybridized carbons (Fsp3) is 0.364. The summed E-state index contributed by atoms with van der Waals surface area (Å²) in [5, 5.41) is 22.8. The smallest absolute Gasteiger partial charge is 0.321 e. The molecule has 30 heavy (non-hydrogen) atoms. The molecule has 1 fully saturated rings. The van der Waals surface area contributed by atoms with Gasteiger partial charge in [-0.3, -0.25) is 9.69 Å². The predicted octanol–water partition coefficient (Wildman–Crippen LogP) is 3.53. The van der Waals surface area contributed by atoms with Crippen molar-refractivity contribution in [1.29, 1.82) is 0 Å². The van der Waals surface area contributed by atoms with E-state index in [1.807, 2.05) is 30.3 Å². The van der Waals surface area contributed by atoms with Gasteiger partial charge in [0.25, 0.3) is 0 Å². The van der Waals surface area contributed by atoms with Crippen molar-refractivity contribution in [2.24, 2.45) is 11.1 Å². The minimum absolute atomic E-state index is 0.0114. The lowest BCUT2D eigenvalue weighted by molar-refractivity contribution is -0.147. The first-order valence-electron chi connectivity index (χ1n) is 9.74. The maximum atomic E-state index is 13.7. The molecule has 0 radical (unpaired) electrons. The Morgan fingerprint density at radius 1 is 1.13 bits per heavy atom. The molecule has 160 valence electrons. The first-order valence-corrected chi connectivity index (χ1v) is 9.74. The largest absolute Gasteiger partial charge is 0.480 e. The first kappa shape index (κ1) is 21.9. The van der Waals surface area contributed by atoms with Crippen molar-refractivity contribution in [2.75, 3.05) is 19.8 Å². The fourth-order valence-corrected chi connectivity index (χ4v) is 3.85. The Kier molecular flexibility index (Phi) is 7.48. The monoisotopic (exact) mass is 418 g/mol. The highest BCUT2D eigenvalue weighted by atomic mass is 19.1. The summed E-state index contributed by atoms with van der Waals surface area (Å²) in [6, 6.07) is 11.3. The number of ether oxygens (including phenoxy) is 1. The summed E-state index contributed by atoms with van der Waals surface area (Å²) in [6.45, 7) is 1.13. The highest BCUT2D eigenvalue weighted by Gasteiger charge is 2.35. The van der Waals surface area contributed by atoms with Crippen molar-refractivity contribution >= 4 is 11.7 Å². The van der Waals surface area contributed by atoms with Crippen LogP contribution in [0.2, 0.25) is 0 Å². The van der Waals surface area contributed by atoms with E-state index in [-0.39, 0.29) is 30.3 Å². The summed E-state index contributed by atoms with van der Waals surface area (Å²) in [5.74, 6) is -2.77. The lowest BCUT2D eigenvalue weighted by Gasteiger charge is -2.36. The number of rotatable bonds is 8. The number of carbonyl (C=O) groups is 1. The number of oxime groups is 1. The summed E-state index contributed by atoms with van der Waals surface area (Å²) < 4.78 is 32.7. The van der Waals surface area contributed by atoms with Gasteiger partial charge in [-0.05, 0) is 36.5 Å². The van der Waals surface area contributed by atoms with Crippen molar-refractivity contribution in [3.63, 3.8) is 0 Å². The van der Waals surface area contributed by atoms with Crippen LogP contribution in [0.15, 0.2) is 53.7 Å². The molecule has 1 heterocycles. The van der Waals surface area contributed by atoms with Gasteiger partial charge >= 0.3 is 5.97 Å². The second-order valence-corrected chi connectivity index (χ2v) is 7.33. The zero-order valence-corrected chi connectivity index (χ0v) is 16.4. The Bertz CT molecular complexity index is 866. The third kappa shape index (κ3) is 5.61. The molecule has 1 aliphatic heterocycles. The summed E-state index contributed by atoms with van der Waals surface area (Å²) in [5.41, 5.74) is 0.922. The Morgan fingerprint density at radius 3 is 2.33 bits per heavy atom. The molecule has 8 heteroatoms. The Hall–Kier alpha value is -2.84. The maximum Gasteiger partial charge on any atom is 0.321 e. The van der Waals surface area contributed by atoms with Gasteiger partial charge in [0.05, 0.1) is 0 Å². The number of hydrogen-bond donors (Lipinski definition) is 2. The Balaban J connectivity index is 1.93. The van der Waals surface area contributed by atoms with E-state index >= 15 is 0 Å². The van der Waals surface area contributed by atoms with Crippen molar-refractivity contribution in [3.8, 4) is 0 Å². The second kappa shape index (κ2) is 10.3. The second-order valence-electron chi connectivity index (χ2n) is 7.33. The minimum atomic E-state index is -0.999. The standard InChI is InChI=1S/C22H24F2N2O4/c23-18-10-17(11-19(24)12-18)20(25-29)14-26(13-15-4-2-1-3-5-15)21(22(27)28)16-6-8-30-9-7-16/h1-5,10-12,16,21,29H,6-9,13-14H2,(H,27,28)/b25-20+. The lowest BCUT2D eigenvalue weighted by atomic mass is 9.90. The van der Waals surface area contributed by atoms with E-state index in [2.05, 4.69) is 5.16 Å². The molecule has 0 aromatic heterocycles. The number of benzene rings is 2. The molecule has 0 amide bonds. The average molecular weight is 418 g/mol. The number of hydrogen-bond acceptors (Lipinski definition) is 5. The molecular weight excluding hydrogens is 394 g/mol. The van der Waals surface area contributed by atoms with E-state index in [1.165, 1.54) is 0 Å². The third-order valence-corrected chi connectivity index (χ3v) is 5.26. The Morgan fingerprint density at radius 2 is 1.77 bits per heavy atom. The zero-order valence-electron chi connectivity index (χ0n) is 16.4. The van der Waals surface area contributed by atoms with E-state index in [9.17, 15) is 23.9 Å². The van der Waals surface area contributed by atoms with Gasteiger partial charge < -0.3 is 15.1 Å². The van der Waals surface area contributed by atoms with Gasteiger partial charge in [-0.25, -0.2) is 8.78 Å². The number of carboxylic acids is 1. The van der Waals surface area contributed by atoms with E-state index in [0.717, 1.165) is 23.8 Å². The van der Waals surface area contributed by atoms with Crippen LogP contribution in [0.25, 0.3) is 0 Å². The van der Waals surface area contributed by atoms with Gasteiger partial charge in [-0.15, -0.1) is 0 Å². The molecule has 2 aromatic carbocycles. The van der Waals surface area contributed by atoms with Crippen LogP contribution in [0.3, 0.4) is 0 Å². The van der Waals surface area contributed by atoms with E-state index < -0.39 is 23.6 Å².